The van der Waals surface area contributed by atoms with Crippen molar-refractivity contribution in [1.82, 2.24) is 15.3 Å². The van der Waals surface area contributed by atoms with Crippen LogP contribution < -0.4 is 20.7 Å². The Morgan fingerprint density at radius 1 is 1.16 bits per heavy atom. The van der Waals surface area contributed by atoms with E-state index in [2.05, 4.69) is 41.8 Å². The average molecular weight is 486 g/mol. The largest absolute Gasteiger partial charge is 0.437 e. The molecule has 0 bridgehead atoms. The smallest absolute Gasteiger partial charge is 0.254 e. The van der Waals surface area contributed by atoms with E-state index in [1.54, 1.807) is 37.5 Å². The SMILES string of the molecule is CC=O.CNC(=O)c1ccccc1Oc1nc(Nc2ccc(NC)c(C)c2)ncc1Br. The van der Waals surface area contributed by atoms with Gasteiger partial charge in [-0.15, -0.1) is 0 Å². The van der Waals surface area contributed by atoms with Crippen LogP contribution in [0.2, 0.25) is 0 Å². The second-order valence-corrected chi connectivity index (χ2v) is 7.02. The van der Waals surface area contributed by atoms with Crippen molar-refractivity contribution in [3.05, 3.63) is 64.3 Å². The summed E-state index contributed by atoms with van der Waals surface area (Å²) < 4.78 is 6.47. The monoisotopic (exact) mass is 485 g/mol. The summed E-state index contributed by atoms with van der Waals surface area (Å²) in [5.74, 6) is 0.852. The molecule has 0 fully saturated rings. The van der Waals surface area contributed by atoms with Gasteiger partial charge in [0, 0.05) is 25.5 Å². The molecule has 9 heteroatoms. The van der Waals surface area contributed by atoms with E-state index in [1.807, 2.05) is 32.2 Å². The number of benzene rings is 2. The van der Waals surface area contributed by atoms with E-state index in [9.17, 15) is 4.79 Å². The molecule has 162 valence electrons. The minimum Gasteiger partial charge on any atom is -0.437 e. The van der Waals surface area contributed by atoms with Gasteiger partial charge in [0.15, 0.2) is 0 Å². The number of aromatic nitrogens is 2. The van der Waals surface area contributed by atoms with Crippen LogP contribution in [0.3, 0.4) is 0 Å². The number of anilines is 3. The molecule has 1 aromatic heterocycles. The summed E-state index contributed by atoms with van der Waals surface area (Å²) in [4.78, 5) is 29.6. The first-order valence-electron chi connectivity index (χ1n) is 9.40. The van der Waals surface area contributed by atoms with Crippen LogP contribution in [0.1, 0.15) is 22.8 Å². The zero-order valence-electron chi connectivity index (χ0n) is 17.7. The first-order chi connectivity index (χ1) is 14.9. The minimum absolute atomic E-state index is 0.237. The van der Waals surface area contributed by atoms with E-state index in [-0.39, 0.29) is 5.91 Å². The van der Waals surface area contributed by atoms with Crippen molar-refractivity contribution in [3.63, 3.8) is 0 Å². The highest BCUT2D eigenvalue weighted by atomic mass is 79.9. The van der Waals surface area contributed by atoms with E-state index >= 15 is 0 Å². The lowest BCUT2D eigenvalue weighted by molar-refractivity contribution is -0.106. The van der Waals surface area contributed by atoms with E-state index in [4.69, 9.17) is 9.53 Å². The second-order valence-electron chi connectivity index (χ2n) is 6.16. The van der Waals surface area contributed by atoms with Crippen molar-refractivity contribution >= 4 is 45.4 Å². The Morgan fingerprint density at radius 2 is 1.87 bits per heavy atom. The maximum absolute atomic E-state index is 12.0. The number of aryl methyl sites for hydroxylation is 1. The summed E-state index contributed by atoms with van der Waals surface area (Å²) in [5.41, 5.74) is 3.43. The van der Waals surface area contributed by atoms with Gasteiger partial charge in [0.05, 0.1) is 16.2 Å². The fourth-order valence-corrected chi connectivity index (χ4v) is 2.89. The Kier molecular flexibility index (Phi) is 8.95. The first-order valence-corrected chi connectivity index (χ1v) is 10.2. The second kappa shape index (κ2) is 11.7. The molecule has 3 N–H and O–H groups in total. The van der Waals surface area contributed by atoms with Crippen LogP contribution in [0.4, 0.5) is 17.3 Å². The number of hydrogen-bond donors (Lipinski definition) is 3. The van der Waals surface area contributed by atoms with Gasteiger partial charge in [0.2, 0.25) is 11.8 Å². The number of rotatable bonds is 6. The van der Waals surface area contributed by atoms with Crippen LogP contribution >= 0.6 is 15.9 Å². The van der Waals surface area contributed by atoms with Gasteiger partial charge in [0.25, 0.3) is 5.91 Å². The predicted molar refractivity (Wildman–Crippen MR) is 125 cm³/mol. The van der Waals surface area contributed by atoms with Crippen molar-refractivity contribution in [2.45, 2.75) is 13.8 Å². The van der Waals surface area contributed by atoms with Gasteiger partial charge in [-0.1, -0.05) is 12.1 Å². The molecule has 0 unspecified atom stereocenters. The molecule has 3 rings (SSSR count). The summed E-state index contributed by atoms with van der Waals surface area (Å²) in [6.07, 6.45) is 2.35. The topological polar surface area (TPSA) is 105 Å². The van der Waals surface area contributed by atoms with Gasteiger partial charge in [-0.05, 0) is 65.7 Å². The molecule has 1 amide bonds. The van der Waals surface area contributed by atoms with Gasteiger partial charge >= 0.3 is 0 Å². The third kappa shape index (κ3) is 6.51. The highest BCUT2D eigenvalue weighted by Crippen LogP contribution is 2.31. The number of carbonyl (C=O) groups excluding carboxylic acids is 2. The quantitative estimate of drug-likeness (QED) is 0.434. The molecule has 2 aromatic carbocycles. The van der Waals surface area contributed by atoms with E-state index < -0.39 is 0 Å². The molecule has 31 heavy (non-hydrogen) atoms. The molecule has 0 spiro atoms. The minimum atomic E-state index is -0.237. The third-order valence-corrected chi connectivity index (χ3v) is 4.57. The number of nitrogens with zero attached hydrogens (tertiary/aromatic N) is 2. The summed E-state index contributed by atoms with van der Waals surface area (Å²) in [5, 5.41) is 8.90. The van der Waals surface area contributed by atoms with Crippen LogP contribution in [-0.2, 0) is 4.79 Å². The molecule has 0 aliphatic heterocycles. The first kappa shape index (κ1) is 23.8. The van der Waals surface area contributed by atoms with Crippen LogP contribution in [0, 0.1) is 6.92 Å². The highest BCUT2D eigenvalue weighted by Gasteiger charge is 2.14. The van der Waals surface area contributed by atoms with Gasteiger partial charge in [-0.2, -0.15) is 4.98 Å². The third-order valence-electron chi connectivity index (χ3n) is 4.03. The number of hydrogen-bond acceptors (Lipinski definition) is 7. The van der Waals surface area contributed by atoms with Crippen molar-refractivity contribution < 1.29 is 14.3 Å². The van der Waals surface area contributed by atoms with Crippen molar-refractivity contribution in [1.29, 1.82) is 0 Å². The van der Waals surface area contributed by atoms with Crippen LogP contribution in [0.25, 0.3) is 0 Å². The Morgan fingerprint density at radius 3 is 2.52 bits per heavy atom. The summed E-state index contributed by atoms with van der Waals surface area (Å²) in [6.45, 7) is 3.46. The zero-order valence-corrected chi connectivity index (χ0v) is 19.3. The number of halogens is 1. The van der Waals surface area contributed by atoms with Crippen LogP contribution in [-0.4, -0.2) is 36.3 Å². The van der Waals surface area contributed by atoms with E-state index in [1.165, 1.54) is 6.92 Å². The molecule has 0 atom stereocenters. The molecule has 0 radical (unpaired) electrons. The van der Waals surface area contributed by atoms with E-state index in [0.29, 0.717) is 27.6 Å². The zero-order chi connectivity index (χ0) is 22.8. The molecule has 0 saturated carbocycles. The van der Waals surface area contributed by atoms with Gasteiger partial charge in [-0.3, -0.25) is 4.79 Å². The van der Waals surface area contributed by atoms with Gasteiger partial charge in [0.1, 0.15) is 12.0 Å². The maximum atomic E-state index is 12.0. The lowest BCUT2D eigenvalue weighted by Crippen LogP contribution is -2.18. The Balaban J connectivity index is 0.00000107. The summed E-state index contributed by atoms with van der Waals surface area (Å²) in [6, 6.07) is 12.9. The fourth-order valence-electron chi connectivity index (χ4n) is 2.62. The number of para-hydroxylation sites is 1. The molecule has 1 heterocycles. The van der Waals surface area contributed by atoms with Crippen LogP contribution in [0.5, 0.6) is 11.6 Å². The molecule has 8 nitrogen and oxygen atoms in total. The molecule has 0 aliphatic rings. The lowest BCUT2D eigenvalue weighted by atomic mass is 10.2. The van der Waals surface area contributed by atoms with Crippen molar-refractivity contribution in [2.75, 3.05) is 24.7 Å². The number of amides is 1. The van der Waals surface area contributed by atoms with Crippen molar-refractivity contribution in [3.8, 4) is 11.6 Å². The average Bonchev–Trinajstić information content (AvgIpc) is 2.76. The Bertz CT molecular complexity index is 1060. The predicted octanol–water partition coefficient (Wildman–Crippen LogP) is 4.69. The fraction of sp³-hybridized carbons (Fsp3) is 0.182. The standard InChI is InChI=1S/C20H20BrN5O2.C2H4O/c1-12-10-13(8-9-16(12)22-2)25-20-24-11-15(21)19(26-20)28-17-7-5-4-6-14(17)18(27)23-3;1-2-3/h4-11,22H,1-3H3,(H,23,27)(H,24,25,26);2H,1H3. The van der Waals surface area contributed by atoms with Crippen molar-refractivity contribution in [2.24, 2.45) is 0 Å². The summed E-state index contributed by atoms with van der Waals surface area (Å²) >= 11 is 3.40. The van der Waals surface area contributed by atoms with Gasteiger partial charge < -0.3 is 25.5 Å². The van der Waals surface area contributed by atoms with Gasteiger partial charge in [-0.25, -0.2) is 4.98 Å². The highest BCUT2D eigenvalue weighted by molar-refractivity contribution is 9.10. The number of ether oxygens (including phenoxy) is 1. The van der Waals surface area contributed by atoms with E-state index in [0.717, 1.165) is 23.2 Å². The number of carbonyl (C=O) groups is 2. The number of aldehydes is 1. The summed E-state index contributed by atoms with van der Waals surface area (Å²) in [7, 11) is 3.45. The molecular weight excluding hydrogens is 462 g/mol. The Hall–Kier alpha value is -3.46. The number of nitrogens with one attached hydrogen (secondary N) is 3. The molecule has 3 aromatic rings. The van der Waals surface area contributed by atoms with Crippen LogP contribution in [0.15, 0.2) is 53.1 Å². The molecule has 0 aliphatic carbocycles. The maximum Gasteiger partial charge on any atom is 0.254 e. The lowest BCUT2D eigenvalue weighted by Gasteiger charge is -2.12. The molecular formula is C22H24BrN5O3. The molecule has 0 saturated heterocycles. The normalized spacial score (nSPS) is 9.71. The Labute approximate surface area is 189 Å².